The lowest BCUT2D eigenvalue weighted by Crippen LogP contribution is -2.41. The van der Waals surface area contributed by atoms with E-state index in [0.29, 0.717) is 12.5 Å². The Labute approximate surface area is 154 Å². The molecule has 7 nitrogen and oxygen atoms in total. The molecule has 1 fully saturated rings. The van der Waals surface area contributed by atoms with Gasteiger partial charge in [-0.3, -0.25) is 9.69 Å². The first-order valence-corrected chi connectivity index (χ1v) is 9.10. The number of hydrogen-bond acceptors (Lipinski definition) is 6. The molecule has 1 aliphatic heterocycles. The summed E-state index contributed by atoms with van der Waals surface area (Å²) in [5.41, 5.74) is 3.75. The Morgan fingerprint density at radius 2 is 2.00 bits per heavy atom. The molecule has 0 atom stereocenters. The van der Waals surface area contributed by atoms with Crippen molar-refractivity contribution in [1.29, 1.82) is 0 Å². The van der Waals surface area contributed by atoms with E-state index in [-0.39, 0.29) is 5.91 Å². The Morgan fingerprint density at radius 1 is 1.27 bits per heavy atom. The fraction of sp³-hybridized carbons (Fsp3) is 0.579. The van der Waals surface area contributed by atoms with Crippen LogP contribution in [0.4, 0.5) is 0 Å². The number of amides is 1. The van der Waals surface area contributed by atoms with E-state index in [1.807, 2.05) is 13.8 Å². The number of likely N-dealkylation sites (N-methyl/N-ethyl adjacent to an activating group) is 1. The van der Waals surface area contributed by atoms with Crippen LogP contribution in [0.3, 0.4) is 0 Å². The van der Waals surface area contributed by atoms with E-state index >= 15 is 0 Å². The number of aromatic nitrogens is 3. The Morgan fingerprint density at radius 3 is 2.62 bits per heavy atom. The second kappa shape index (κ2) is 7.95. The number of nitrogens with zero attached hydrogens (tertiary/aromatic N) is 5. The average Bonchev–Trinajstić information content (AvgIpc) is 2.95. The highest BCUT2D eigenvalue weighted by Gasteiger charge is 2.22. The molecule has 140 valence electrons. The van der Waals surface area contributed by atoms with Gasteiger partial charge in [0.25, 0.3) is 0 Å². The van der Waals surface area contributed by atoms with Gasteiger partial charge in [0, 0.05) is 19.8 Å². The second-order valence-corrected chi connectivity index (χ2v) is 7.31. The van der Waals surface area contributed by atoms with Crippen LogP contribution in [0.25, 0.3) is 11.3 Å². The van der Waals surface area contributed by atoms with Gasteiger partial charge in [0.05, 0.1) is 23.5 Å². The van der Waals surface area contributed by atoms with Crippen molar-refractivity contribution in [2.24, 2.45) is 5.92 Å². The summed E-state index contributed by atoms with van der Waals surface area (Å²) in [5.74, 6) is 1.54. The molecule has 3 rings (SSSR count). The topological polar surface area (TPSA) is 75.4 Å². The third-order valence-electron chi connectivity index (χ3n) is 5.08. The van der Waals surface area contributed by atoms with Gasteiger partial charge in [0.15, 0.2) is 0 Å². The molecular formula is C19H27N5O2. The van der Waals surface area contributed by atoms with Crippen LogP contribution >= 0.6 is 0 Å². The number of carbonyl (C=O) groups excluding carboxylic acids is 1. The molecule has 2 aromatic rings. The van der Waals surface area contributed by atoms with Crippen LogP contribution in [0.2, 0.25) is 0 Å². The van der Waals surface area contributed by atoms with Crippen LogP contribution in [0.1, 0.15) is 30.0 Å². The van der Waals surface area contributed by atoms with Gasteiger partial charge in [0.2, 0.25) is 5.91 Å². The first-order chi connectivity index (χ1) is 12.4. The van der Waals surface area contributed by atoms with Crippen molar-refractivity contribution in [1.82, 2.24) is 24.9 Å². The third-order valence-corrected chi connectivity index (χ3v) is 5.08. The summed E-state index contributed by atoms with van der Waals surface area (Å²) in [5, 5.41) is 4.01. The zero-order chi connectivity index (χ0) is 18.7. The van der Waals surface area contributed by atoms with Crippen molar-refractivity contribution in [2.45, 2.75) is 33.1 Å². The largest absolute Gasteiger partial charge is 0.361 e. The van der Waals surface area contributed by atoms with E-state index in [2.05, 4.69) is 26.1 Å². The molecule has 0 aliphatic carbocycles. The van der Waals surface area contributed by atoms with Crippen LogP contribution in [0.5, 0.6) is 0 Å². The minimum atomic E-state index is 0.170. The molecule has 0 aromatic carbocycles. The predicted molar refractivity (Wildman–Crippen MR) is 98.6 cm³/mol. The van der Waals surface area contributed by atoms with Crippen molar-refractivity contribution in [3.8, 4) is 11.3 Å². The summed E-state index contributed by atoms with van der Waals surface area (Å²) in [6.07, 6.45) is 4.74. The lowest BCUT2D eigenvalue weighted by Gasteiger charge is -2.32. The van der Waals surface area contributed by atoms with Crippen LogP contribution in [-0.2, 0) is 11.2 Å². The molecule has 1 aliphatic rings. The zero-order valence-corrected chi connectivity index (χ0v) is 16.0. The molecule has 0 spiro atoms. The van der Waals surface area contributed by atoms with E-state index in [0.717, 1.165) is 60.8 Å². The van der Waals surface area contributed by atoms with Gasteiger partial charge >= 0.3 is 0 Å². The van der Waals surface area contributed by atoms with Crippen molar-refractivity contribution in [3.63, 3.8) is 0 Å². The molecule has 0 N–H and O–H groups in total. The van der Waals surface area contributed by atoms with Crippen LogP contribution in [-0.4, -0.2) is 64.6 Å². The minimum absolute atomic E-state index is 0.170. The highest BCUT2D eigenvalue weighted by molar-refractivity contribution is 5.77. The van der Waals surface area contributed by atoms with Crippen molar-refractivity contribution >= 4 is 5.91 Å². The monoisotopic (exact) mass is 357 g/mol. The fourth-order valence-electron chi connectivity index (χ4n) is 3.47. The molecule has 1 amide bonds. The van der Waals surface area contributed by atoms with Gasteiger partial charge in [0.1, 0.15) is 12.1 Å². The van der Waals surface area contributed by atoms with Crippen LogP contribution < -0.4 is 0 Å². The third kappa shape index (κ3) is 4.27. The van der Waals surface area contributed by atoms with Crippen molar-refractivity contribution in [3.05, 3.63) is 29.5 Å². The standard InChI is InChI=1S/C19H27N5O2/c1-13-19(14(2)26-22-13)17-10-16(20-12-21-17)9-15-5-7-24(8-6-15)11-18(25)23(3)4/h10,12,15H,5-9,11H2,1-4H3. The summed E-state index contributed by atoms with van der Waals surface area (Å²) in [6.45, 7) is 6.28. The minimum Gasteiger partial charge on any atom is -0.361 e. The summed E-state index contributed by atoms with van der Waals surface area (Å²) in [6, 6.07) is 2.05. The highest BCUT2D eigenvalue weighted by atomic mass is 16.5. The highest BCUT2D eigenvalue weighted by Crippen LogP contribution is 2.26. The Balaban J connectivity index is 1.59. The molecule has 3 heterocycles. The van der Waals surface area contributed by atoms with Gasteiger partial charge < -0.3 is 9.42 Å². The molecule has 0 bridgehead atoms. The van der Waals surface area contributed by atoms with Gasteiger partial charge in [-0.25, -0.2) is 9.97 Å². The molecule has 0 saturated carbocycles. The first kappa shape index (κ1) is 18.5. The van der Waals surface area contributed by atoms with Gasteiger partial charge in [-0.1, -0.05) is 5.16 Å². The summed E-state index contributed by atoms with van der Waals surface area (Å²) >= 11 is 0. The van der Waals surface area contributed by atoms with E-state index in [1.54, 1.807) is 25.3 Å². The van der Waals surface area contributed by atoms with Crippen LogP contribution in [0.15, 0.2) is 16.9 Å². The molecule has 7 heteroatoms. The summed E-state index contributed by atoms with van der Waals surface area (Å²) in [7, 11) is 3.61. The fourth-order valence-corrected chi connectivity index (χ4v) is 3.47. The first-order valence-electron chi connectivity index (χ1n) is 9.10. The van der Waals surface area contributed by atoms with E-state index in [1.165, 1.54) is 0 Å². The number of aryl methyl sites for hydroxylation is 2. The predicted octanol–water partition coefficient (Wildman–Crippen LogP) is 2.09. The zero-order valence-electron chi connectivity index (χ0n) is 16.0. The smallest absolute Gasteiger partial charge is 0.236 e. The molecule has 0 radical (unpaired) electrons. The van der Waals surface area contributed by atoms with Crippen LogP contribution in [0, 0.1) is 19.8 Å². The Kier molecular flexibility index (Phi) is 5.66. The average molecular weight is 357 g/mol. The van der Waals surface area contributed by atoms with Crippen molar-refractivity contribution < 1.29 is 9.32 Å². The normalized spacial score (nSPS) is 16.0. The number of carbonyl (C=O) groups is 1. The Bertz CT molecular complexity index is 744. The number of likely N-dealkylation sites (tertiary alicyclic amines) is 1. The molecule has 0 unspecified atom stereocenters. The maximum atomic E-state index is 11.8. The number of hydrogen-bond donors (Lipinski definition) is 0. The maximum absolute atomic E-state index is 11.8. The molecular weight excluding hydrogens is 330 g/mol. The maximum Gasteiger partial charge on any atom is 0.236 e. The summed E-state index contributed by atoms with van der Waals surface area (Å²) in [4.78, 5) is 24.6. The lowest BCUT2D eigenvalue weighted by molar-refractivity contribution is -0.130. The molecule has 2 aromatic heterocycles. The van der Waals surface area contributed by atoms with Gasteiger partial charge in [-0.2, -0.15) is 0 Å². The van der Waals surface area contributed by atoms with E-state index < -0.39 is 0 Å². The number of rotatable bonds is 5. The van der Waals surface area contributed by atoms with Crippen molar-refractivity contribution in [2.75, 3.05) is 33.7 Å². The Hall–Kier alpha value is -2.28. The molecule has 26 heavy (non-hydrogen) atoms. The van der Waals surface area contributed by atoms with E-state index in [9.17, 15) is 4.79 Å². The second-order valence-electron chi connectivity index (χ2n) is 7.31. The SMILES string of the molecule is Cc1noc(C)c1-c1cc(CC2CCN(CC(=O)N(C)C)CC2)ncn1. The van der Waals surface area contributed by atoms with Gasteiger partial charge in [-0.15, -0.1) is 0 Å². The van der Waals surface area contributed by atoms with Gasteiger partial charge in [-0.05, 0) is 58.2 Å². The lowest BCUT2D eigenvalue weighted by atomic mass is 9.91. The summed E-state index contributed by atoms with van der Waals surface area (Å²) < 4.78 is 5.25. The van der Waals surface area contributed by atoms with E-state index in [4.69, 9.17) is 4.52 Å². The number of piperidine rings is 1. The molecule has 1 saturated heterocycles. The quantitative estimate of drug-likeness (QED) is 0.816.